The van der Waals surface area contributed by atoms with Crippen molar-refractivity contribution in [3.05, 3.63) is 58.4 Å². The Balaban J connectivity index is 1.79. The van der Waals surface area contributed by atoms with Crippen LogP contribution in [0.25, 0.3) is 0 Å². The average Bonchev–Trinajstić information content (AvgIpc) is 2.93. The summed E-state index contributed by atoms with van der Waals surface area (Å²) in [6, 6.07) is 9.19. The number of nitrogens with zero attached hydrogens (tertiary/aromatic N) is 1. The second kappa shape index (κ2) is 6.61. The summed E-state index contributed by atoms with van der Waals surface area (Å²) in [6.45, 7) is 2.58. The van der Waals surface area contributed by atoms with Gasteiger partial charge in [0.05, 0.1) is 5.56 Å². The van der Waals surface area contributed by atoms with Crippen molar-refractivity contribution in [2.24, 2.45) is 0 Å². The van der Waals surface area contributed by atoms with Gasteiger partial charge in [-0.1, -0.05) is 11.6 Å². The maximum absolute atomic E-state index is 13.8. The summed E-state index contributed by atoms with van der Waals surface area (Å²) < 4.78 is 13.8. The SMILES string of the molecule is Cc1cc(NC(=O)c2ccc(Cl)cc2F)ccc1N1CCCC1=O. The van der Waals surface area contributed by atoms with E-state index in [9.17, 15) is 14.0 Å². The van der Waals surface area contributed by atoms with E-state index in [-0.39, 0.29) is 16.5 Å². The first-order chi connectivity index (χ1) is 11.5. The van der Waals surface area contributed by atoms with Crippen LogP contribution in [0.3, 0.4) is 0 Å². The van der Waals surface area contributed by atoms with Crippen molar-refractivity contribution < 1.29 is 14.0 Å². The van der Waals surface area contributed by atoms with E-state index in [0.717, 1.165) is 23.7 Å². The minimum absolute atomic E-state index is 0.0733. The molecule has 24 heavy (non-hydrogen) atoms. The molecule has 0 aromatic heterocycles. The Hall–Kier alpha value is -2.40. The number of benzene rings is 2. The predicted molar refractivity (Wildman–Crippen MR) is 92.1 cm³/mol. The molecule has 3 rings (SSSR count). The quantitative estimate of drug-likeness (QED) is 0.907. The van der Waals surface area contributed by atoms with Crippen molar-refractivity contribution >= 4 is 34.8 Å². The Morgan fingerprint density at radius 3 is 2.67 bits per heavy atom. The van der Waals surface area contributed by atoms with E-state index in [2.05, 4.69) is 5.32 Å². The van der Waals surface area contributed by atoms with Crippen molar-refractivity contribution in [2.45, 2.75) is 19.8 Å². The molecule has 1 aliphatic rings. The summed E-state index contributed by atoms with van der Waals surface area (Å²) in [5.74, 6) is -1.11. The van der Waals surface area contributed by atoms with Gasteiger partial charge in [0, 0.05) is 29.4 Å². The van der Waals surface area contributed by atoms with Gasteiger partial charge in [-0.2, -0.15) is 0 Å². The van der Waals surface area contributed by atoms with E-state index in [1.807, 2.05) is 6.92 Å². The Labute approximate surface area is 144 Å². The third kappa shape index (κ3) is 3.26. The molecule has 0 radical (unpaired) electrons. The lowest BCUT2D eigenvalue weighted by Crippen LogP contribution is -2.24. The van der Waals surface area contributed by atoms with Gasteiger partial charge in [-0.25, -0.2) is 4.39 Å². The molecule has 1 N–H and O–H groups in total. The van der Waals surface area contributed by atoms with Crippen LogP contribution in [-0.4, -0.2) is 18.4 Å². The zero-order chi connectivity index (χ0) is 17.3. The topological polar surface area (TPSA) is 49.4 Å². The highest BCUT2D eigenvalue weighted by molar-refractivity contribution is 6.30. The van der Waals surface area contributed by atoms with Crippen molar-refractivity contribution in [1.29, 1.82) is 0 Å². The predicted octanol–water partition coefficient (Wildman–Crippen LogP) is 4.17. The molecule has 0 saturated carbocycles. The van der Waals surface area contributed by atoms with Gasteiger partial charge in [0.15, 0.2) is 0 Å². The van der Waals surface area contributed by atoms with Crippen LogP contribution in [0.15, 0.2) is 36.4 Å². The van der Waals surface area contributed by atoms with Gasteiger partial charge in [0.1, 0.15) is 5.82 Å². The largest absolute Gasteiger partial charge is 0.322 e. The number of halogens is 2. The Morgan fingerprint density at radius 1 is 1.25 bits per heavy atom. The van der Waals surface area contributed by atoms with Crippen LogP contribution in [0.1, 0.15) is 28.8 Å². The van der Waals surface area contributed by atoms with Crippen LogP contribution >= 0.6 is 11.6 Å². The Bertz CT molecular complexity index is 823. The second-order valence-electron chi connectivity index (χ2n) is 5.73. The highest BCUT2D eigenvalue weighted by Crippen LogP contribution is 2.27. The van der Waals surface area contributed by atoms with Gasteiger partial charge in [-0.3, -0.25) is 9.59 Å². The summed E-state index contributed by atoms with van der Waals surface area (Å²) in [7, 11) is 0. The van der Waals surface area contributed by atoms with E-state index in [1.165, 1.54) is 12.1 Å². The molecule has 0 atom stereocenters. The third-order valence-electron chi connectivity index (χ3n) is 3.99. The first kappa shape index (κ1) is 16.5. The van der Waals surface area contributed by atoms with Gasteiger partial charge in [-0.05, 0) is 55.3 Å². The number of aryl methyl sites for hydroxylation is 1. The molecule has 2 aromatic rings. The molecule has 1 saturated heterocycles. The van der Waals surface area contributed by atoms with E-state index in [4.69, 9.17) is 11.6 Å². The van der Waals surface area contributed by atoms with Crippen LogP contribution in [-0.2, 0) is 4.79 Å². The molecule has 2 amide bonds. The van der Waals surface area contributed by atoms with Crippen molar-refractivity contribution in [3.8, 4) is 0 Å². The molecule has 1 heterocycles. The number of carbonyl (C=O) groups excluding carboxylic acids is 2. The van der Waals surface area contributed by atoms with Gasteiger partial charge in [-0.15, -0.1) is 0 Å². The molecule has 2 aromatic carbocycles. The summed E-state index contributed by atoms with van der Waals surface area (Å²) in [5.41, 5.74) is 2.19. The maximum atomic E-state index is 13.8. The minimum atomic E-state index is -0.670. The Morgan fingerprint density at radius 2 is 2.04 bits per heavy atom. The number of anilines is 2. The van der Waals surface area contributed by atoms with E-state index in [0.29, 0.717) is 18.7 Å². The number of carbonyl (C=O) groups is 2. The molecule has 4 nitrogen and oxygen atoms in total. The molecule has 124 valence electrons. The first-order valence-electron chi connectivity index (χ1n) is 7.63. The highest BCUT2D eigenvalue weighted by Gasteiger charge is 2.23. The molecule has 6 heteroatoms. The van der Waals surface area contributed by atoms with Gasteiger partial charge in [0.25, 0.3) is 5.91 Å². The molecule has 0 spiro atoms. The number of nitrogens with one attached hydrogen (secondary N) is 1. The molecular weight excluding hydrogens is 331 g/mol. The normalized spacial score (nSPS) is 14.1. The molecule has 0 aliphatic carbocycles. The Kier molecular flexibility index (Phi) is 4.53. The zero-order valence-electron chi connectivity index (χ0n) is 13.1. The van der Waals surface area contributed by atoms with Crippen LogP contribution in [0, 0.1) is 12.7 Å². The number of hydrogen-bond donors (Lipinski definition) is 1. The summed E-state index contributed by atoms with van der Waals surface area (Å²) in [5, 5.41) is 2.90. The fourth-order valence-corrected chi connectivity index (χ4v) is 2.97. The summed E-state index contributed by atoms with van der Waals surface area (Å²) in [6.07, 6.45) is 1.42. The van der Waals surface area contributed by atoms with E-state index in [1.54, 1.807) is 23.1 Å². The fraction of sp³-hybridized carbons (Fsp3) is 0.222. The van der Waals surface area contributed by atoms with E-state index < -0.39 is 11.7 Å². The van der Waals surface area contributed by atoms with Gasteiger partial charge >= 0.3 is 0 Å². The number of amides is 2. The molecule has 1 fully saturated rings. The van der Waals surface area contributed by atoms with Crippen molar-refractivity contribution in [1.82, 2.24) is 0 Å². The monoisotopic (exact) mass is 346 g/mol. The minimum Gasteiger partial charge on any atom is -0.322 e. The lowest BCUT2D eigenvalue weighted by Gasteiger charge is -2.19. The third-order valence-corrected chi connectivity index (χ3v) is 4.23. The lowest BCUT2D eigenvalue weighted by molar-refractivity contribution is -0.117. The number of hydrogen-bond acceptors (Lipinski definition) is 2. The van der Waals surface area contributed by atoms with Crippen molar-refractivity contribution in [3.63, 3.8) is 0 Å². The maximum Gasteiger partial charge on any atom is 0.258 e. The van der Waals surface area contributed by atoms with Crippen molar-refractivity contribution in [2.75, 3.05) is 16.8 Å². The molecular formula is C18H16ClFN2O2. The molecule has 0 unspecified atom stereocenters. The van der Waals surface area contributed by atoms with Crippen LogP contribution in [0.4, 0.5) is 15.8 Å². The highest BCUT2D eigenvalue weighted by atomic mass is 35.5. The van der Waals surface area contributed by atoms with Crippen LogP contribution in [0.5, 0.6) is 0 Å². The fourth-order valence-electron chi connectivity index (χ4n) is 2.81. The number of rotatable bonds is 3. The van der Waals surface area contributed by atoms with Gasteiger partial charge < -0.3 is 10.2 Å². The molecule has 1 aliphatic heterocycles. The van der Waals surface area contributed by atoms with Crippen LogP contribution in [0.2, 0.25) is 5.02 Å². The van der Waals surface area contributed by atoms with Gasteiger partial charge in [0.2, 0.25) is 5.91 Å². The van der Waals surface area contributed by atoms with Crippen LogP contribution < -0.4 is 10.2 Å². The van der Waals surface area contributed by atoms with E-state index >= 15 is 0 Å². The zero-order valence-corrected chi connectivity index (χ0v) is 13.9. The standard InChI is InChI=1S/C18H16ClFN2O2/c1-11-9-13(5-7-16(11)22-8-2-3-17(22)23)21-18(24)14-6-4-12(19)10-15(14)20/h4-7,9-10H,2-3,8H2,1H3,(H,21,24). The summed E-state index contributed by atoms with van der Waals surface area (Å²) in [4.78, 5) is 25.8. The second-order valence-corrected chi connectivity index (χ2v) is 6.16. The first-order valence-corrected chi connectivity index (χ1v) is 8.01. The molecule has 0 bridgehead atoms. The smallest absolute Gasteiger partial charge is 0.258 e. The summed E-state index contributed by atoms with van der Waals surface area (Å²) >= 11 is 5.69. The average molecular weight is 347 g/mol. The lowest BCUT2D eigenvalue weighted by atomic mass is 10.1.